The minimum atomic E-state index is -0.370. The van der Waals surface area contributed by atoms with Gasteiger partial charge in [0.1, 0.15) is 0 Å². The lowest BCUT2D eigenvalue weighted by Gasteiger charge is -2.20. The lowest BCUT2D eigenvalue weighted by Crippen LogP contribution is -2.38. The molecule has 0 saturated carbocycles. The van der Waals surface area contributed by atoms with Crippen LogP contribution in [0.2, 0.25) is 0 Å². The molecule has 0 fully saturated rings. The topological polar surface area (TPSA) is 48.9 Å². The minimum absolute atomic E-state index is 0.100. The summed E-state index contributed by atoms with van der Waals surface area (Å²) < 4.78 is 18.9. The fraction of sp³-hybridized carbons (Fsp3) is 0.318. The molecular formula is C22H27FN4O. The van der Waals surface area contributed by atoms with Crippen molar-refractivity contribution in [3.8, 4) is 5.75 Å². The van der Waals surface area contributed by atoms with Crippen molar-refractivity contribution in [2.45, 2.75) is 19.5 Å². The smallest absolute Gasteiger partial charge is 0.191 e. The summed E-state index contributed by atoms with van der Waals surface area (Å²) in [6.45, 7) is 4.56. The van der Waals surface area contributed by atoms with Crippen molar-refractivity contribution in [3.63, 3.8) is 0 Å². The van der Waals surface area contributed by atoms with E-state index in [2.05, 4.69) is 56.9 Å². The highest BCUT2D eigenvalue weighted by Crippen LogP contribution is 2.22. The van der Waals surface area contributed by atoms with Crippen LogP contribution in [-0.2, 0) is 6.54 Å². The van der Waals surface area contributed by atoms with E-state index in [1.165, 1.54) is 24.4 Å². The van der Waals surface area contributed by atoms with Crippen molar-refractivity contribution in [3.05, 3.63) is 71.6 Å². The molecule has 0 aromatic heterocycles. The van der Waals surface area contributed by atoms with E-state index >= 15 is 0 Å². The van der Waals surface area contributed by atoms with Crippen LogP contribution >= 0.6 is 0 Å². The zero-order valence-electron chi connectivity index (χ0n) is 16.6. The Bertz CT molecular complexity index is 840. The van der Waals surface area contributed by atoms with Gasteiger partial charge < -0.3 is 20.3 Å². The predicted molar refractivity (Wildman–Crippen MR) is 112 cm³/mol. The van der Waals surface area contributed by atoms with Gasteiger partial charge in [-0.25, -0.2) is 4.39 Å². The van der Waals surface area contributed by atoms with Crippen molar-refractivity contribution in [1.29, 1.82) is 0 Å². The third-order valence-electron chi connectivity index (χ3n) is 4.83. The maximum Gasteiger partial charge on any atom is 0.191 e. The van der Waals surface area contributed by atoms with Crippen LogP contribution in [0.5, 0.6) is 5.75 Å². The minimum Gasteiger partial charge on any atom is -0.494 e. The molecule has 28 heavy (non-hydrogen) atoms. The van der Waals surface area contributed by atoms with Gasteiger partial charge in [-0.05, 0) is 42.3 Å². The number of nitrogens with zero attached hydrogens (tertiary/aromatic N) is 2. The Morgan fingerprint density at radius 1 is 1.18 bits per heavy atom. The van der Waals surface area contributed by atoms with Crippen LogP contribution < -0.4 is 20.3 Å². The van der Waals surface area contributed by atoms with E-state index in [0.717, 1.165) is 18.7 Å². The van der Waals surface area contributed by atoms with Crippen LogP contribution in [0.3, 0.4) is 0 Å². The van der Waals surface area contributed by atoms with Gasteiger partial charge in [0.25, 0.3) is 0 Å². The molecule has 1 aliphatic rings. The molecular weight excluding hydrogens is 355 g/mol. The van der Waals surface area contributed by atoms with Crippen molar-refractivity contribution in [2.75, 3.05) is 32.1 Å². The van der Waals surface area contributed by atoms with Gasteiger partial charge in [0.05, 0.1) is 13.2 Å². The van der Waals surface area contributed by atoms with Gasteiger partial charge in [0, 0.05) is 32.4 Å². The fourth-order valence-corrected chi connectivity index (χ4v) is 3.13. The summed E-state index contributed by atoms with van der Waals surface area (Å²) in [6.07, 6.45) is 4.36. The second kappa shape index (κ2) is 9.26. The third kappa shape index (κ3) is 4.82. The second-order valence-corrected chi connectivity index (χ2v) is 6.73. The molecule has 0 spiro atoms. The molecule has 2 aromatic carbocycles. The van der Waals surface area contributed by atoms with E-state index in [-0.39, 0.29) is 17.6 Å². The lowest BCUT2D eigenvalue weighted by atomic mass is 10.1. The van der Waals surface area contributed by atoms with Crippen LogP contribution in [-0.4, -0.2) is 33.2 Å². The van der Waals surface area contributed by atoms with E-state index < -0.39 is 0 Å². The Labute approximate surface area is 165 Å². The number of hydrogen-bond acceptors (Lipinski definition) is 3. The average molecular weight is 382 g/mol. The number of hydrogen-bond donors (Lipinski definition) is 2. The highest BCUT2D eigenvalue weighted by molar-refractivity contribution is 5.80. The van der Waals surface area contributed by atoms with Gasteiger partial charge in [0.15, 0.2) is 17.5 Å². The van der Waals surface area contributed by atoms with Crippen molar-refractivity contribution in [1.82, 2.24) is 10.6 Å². The number of halogens is 1. The van der Waals surface area contributed by atoms with Crippen molar-refractivity contribution >= 4 is 11.6 Å². The van der Waals surface area contributed by atoms with Crippen LogP contribution in [0.1, 0.15) is 24.1 Å². The maximum atomic E-state index is 13.9. The van der Waals surface area contributed by atoms with Gasteiger partial charge in [-0.1, -0.05) is 30.4 Å². The Morgan fingerprint density at radius 2 is 1.89 bits per heavy atom. The monoisotopic (exact) mass is 382 g/mol. The molecule has 1 atom stereocenters. The molecule has 5 nitrogen and oxygen atoms in total. The lowest BCUT2D eigenvalue weighted by molar-refractivity contribution is 0.386. The number of aliphatic imine (C=N–C) groups is 1. The molecule has 0 saturated heterocycles. The molecule has 0 aliphatic carbocycles. The van der Waals surface area contributed by atoms with Crippen LogP contribution in [0.15, 0.2) is 59.6 Å². The molecule has 2 N–H and O–H groups in total. The number of anilines is 1. The van der Waals surface area contributed by atoms with E-state index in [4.69, 9.17) is 4.74 Å². The molecule has 148 valence electrons. The first-order valence-corrected chi connectivity index (χ1v) is 9.40. The summed E-state index contributed by atoms with van der Waals surface area (Å²) >= 11 is 0. The second-order valence-electron chi connectivity index (χ2n) is 6.73. The average Bonchev–Trinajstić information content (AvgIpc) is 3.26. The Hall–Kier alpha value is -3.02. The predicted octanol–water partition coefficient (Wildman–Crippen LogP) is 3.64. The molecule has 0 amide bonds. The molecule has 1 heterocycles. The number of guanidine groups is 1. The Morgan fingerprint density at radius 3 is 2.50 bits per heavy atom. The normalized spacial score (nSPS) is 14.9. The SMILES string of the molecule is CN=C(NCc1ccc(N2CC=CC2)cc1)NC(C)c1ccc(OC)c(F)c1. The van der Waals surface area contributed by atoms with Gasteiger partial charge in [0.2, 0.25) is 0 Å². The molecule has 0 radical (unpaired) electrons. The summed E-state index contributed by atoms with van der Waals surface area (Å²) in [6, 6.07) is 13.4. The zero-order valence-corrected chi connectivity index (χ0v) is 16.6. The van der Waals surface area contributed by atoms with Gasteiger partial charge in [-0.15, -0.1) is 0 Å². The summed E-state index contributed by atoms with van der Waals surface area (Å²) in [7, 11) is 3.18. The maximum absolute atomic E-state index is 13.9. The first-order chi connectivity index (χ1) is 13.6. The molecule has 3 rings (SSSR count). The summed E-state index contributed by atoms with van der Waals surface area (Å²) in [5.74, 6) is 0.535. The van der Waals surface area contributed by atoms with Crippen LogP contribution in [0.4, 0.5) is 10.1 Å². The highest BCUT2D eigenvalue weighted by atomic mass is 19.1. The first kappa shape index (κ1) is 19.7. The fourth-order valence-electron chi connectivity index (χ4n) is 3.13. The quantitative estimate of drug-likeness (QED) is 0.455. The highest BCUT2D eigenvalue weighted by Gasteiger charge is 2.11. The van der Waals surface area contributed by atoms with E-state index in [1.54, 1.807) is 13.1 Å². The van der Waals surface area contributed by atoms with Gasteiger partial charge >= 0.3 is 0 Å². The first-order valence-electron chi connectivity index (χ1n) is 9.40. The molecule has 0 bridgehead atoms. The number of methoxy groups -OCH3 is 1. The van der Waals surface area contributed by atoms with Gasteiger partial charge in [-0.2, -0.15) is 0 Å². The summed E-state index contributed by atoms with van der Waals surface area (Å²) in [4.78, 5) is 6.58. The number of nitrogens with one attached hydrogen (secondary N) is 2. The van der Waals surface area contributed by atoms with Crippen molar-refractivity contribution < 1.29 is 9.13 Å². The van der Waals surface area contributed by atoms with E-state index in [1.807, 2.05) is 13.0 Å². The molecule has 2 aromatic rings. The van der Waals surface area contributed by atoms with Crippen LogP contribution in [0, 0.1) is 5.82 Å². The number of benzene rings is 2. The Balaban J connectivity index is 1.54. The summed E-state index contributed by atoms with van der Waals surface area (Å²) in [5, 5.41) is 6.60. The zero-order chi connectivity index (χ0) is 19.9. The van der Waals surface area contributed by atoms with E-state index in [9.17, 15) is 4.39 Å². The van der Waals surface area contributed by atoms with Crippen molar-refractivity contribution in [2.24, 2.45) is 4.99 Å². The number of ether oxygens (including phenoxy) is 1. The standard InChI is InChI=1S/C22H27FN4O/c1-16(18-8-11-21(28-3)20(23)14-18)26-22(24-2)25-15-17-6-9-19(10-7-17)27-12-4-5-13-27/h4-11,14,16H,12-13,15H2,1-3H3,(H2,24,25,26). The molecule has 6 heteroatoms. The van der Waals surface area contributed by atoms with Crippen LogP contribution in [0.25, 0.3) is 0 Å². The molecule has 1 unspecified atom stereocenters. The Kier molecular flexibility index (Phi) is 6.53. The third-order valence-corrected chi connectivity index (χ3v) is 4.83. The van der Waals surface area contributed by atoms with Gasteiger partial charge in [-0.3, -0.25) is 4.99 Å². The largest absolute Gasteiger partial charge is 0.494 e. The van der Waals surface area contributed by atoms with E-state index in [0.29, 0.717) is 12.5 Å². The number of rotatable bonds is 6. The molecule has 1 aliphatic heterocycles. The summed E-state index contributed by atoms with van der Waals surface area (Å²) in [5.41, 5.74) is 3.22.